The summed E-state index contributed by atoms with van der Waals surface area (Å²) < 4.78 is 15.3. The third kappa shape index (κ3) is 5.12. The molecule has 0 saturated heterocycles. The van der Waals surface area contributed by atoms with E-state index in [9.17, 15) is 9.59 Å². The SMILES string of the molecule is CCNC(=O)[C@H](C)OC(=O)/C=C/c1ccc(OC)cc1OC. The molecule has 22 heavy (non-hydrogen) atoms. The number of hydrogen-bond acceptors (Lipinski definition) is 5. The average Bonchev–Trinajstić information content (AvgIpc) is 2.52. The van der Waals surface area contributed by atoms with Crippen molar-refractivity contribution in [1.29, 1.82) is 0 Å². The van der Waals surface area contributed by atoms with Gasteiger partial charge in [-0.1, -0.05) is 0 Å². The number of amides is 1. The van der Waals surface area contributed by atoms with Crippen LogP contribution in [0.15, 0.2) is 24.3 Å². The summed E-state index contributed by atoms with van der Waals surface area (Å²) in [4.78, 5) is 23.2. The number of benzene rings is 1. The number of ether oxygens (including phenoxy) is 3. The van der Waals surface area contributed by atoms with Gasteiger partial charge in [0.05, 0.1) is 14.2 Å². The maximum atomic E-state index is 11.7. The predicted octanol–water partition coefficient (Wildman–Crippen LogP) is 1.78. The minimum atomic E-state index is -0.838. The largest absolute Gasteiger partial charge is 0.497 e. The van der Waals surface area contributed by atoms with Gasteiger partial charge in [-0.15, -0.1) is 0 Å². The summed E-state index contributed by atoms with van der Waals surface area (Å²) in [7, 11) is 3.09. The molecule has 0 aliphatic rings. The summed E-state index contributed by atoms with van der Waals surface area (Å²) in [6.45, 7) is 3.80. The first-order valence-electron chi connectivity index (χ1n) is 6.90. The van der Waals surface area contributed by atoms with Crippen LogP contribution in [-0.2, 0) is 14.3 Å². The predicted molar refractivity (Wildman–Crippen MR) is 82.8 cm³/mol. The van der Waals surface area contributed by atoms with E-state index in [1.54, 1.807) is 38.3 Å². The number of likely N-dealkylation sites (N-methyl/N-ethyl adjacent to an activating group) is 1. The topological polar surface area (TPSA) is 73.9 Å². The van der Waals surface area contributed by atoms with Crippen LogP contribution < -0.4 is 14.8 Å². The molecule has 1 aromatic carbocycles. The molecular formula is C16H21NO5. The Morgan fingerprint density at radius 3 is 2.59 bits per heavy atom. The molecule has 1 aromatic rings. The number of rotatable bonds is 7. The Bertz CT molecular complexity index is 553. The summed E-state index contributed by atoms with van der Waals surface area (Å²) in [5.74, 6) is 0.296. The molecule has 0 fully saturated rings. The molecule has 120 valence electrons. The molecule has 1 rings (SSSR count). The minimum absolute atomic E-state index is 0.328. The second kappa shape index (κ2) is 8.71. The molecule has 6 heteroatoms. The van der Waals surface area contributed by atoms with Gasteiger partial charge in [-0.25, -0.2) is 4.79 Å². The highest BCUT2D eigenvalue weighted by Gasteiger charge is 2.15. The first kappa shape index (κ1) is 17.6. The van der Waals surface area contributed by atoms with Crippen LogP contribution in [0.1, 0.15) is 19.4 Å². The standard InChI is InChI=1S/C16H21NO5/c1-5-17-16(19)11(2)22-15(18)9-7-12-6-8-13(20-3)10-14(12)21-4/h6-11H,5H2,1-4H3,(H,17,19)/b9-7+/t11-/m0/s1. The molecule has 1 amide bonds. The Hall–Kier alpha value is -2.50. The van der Waals surface area contributed by atoms with Gasteiger partial charge in [-0.3, -0.25) is 4.79 Å². The summed E-state index contributed by atoms with van der Waals surface area (Å²) >= 11 is 0. The van der Waals surface area contributed by atoms with Gasteiger partial charge < -0.3 is 19.5 Å². The van der Waals surface area contributed by atoms with Crippen molar-refractivity contribution in [2.24, 2.45) is 0 Å². The number of nitrogens with one attached hydrogen (secondary N) is 1. The maximum absolute atomic E-state index is 11.7. The van der Waals surface area contributed by atoms with E-state index in [1.165, 1.54) is 20.1 Å². The van der Waals surface area contributed by atoms with Crippen molar-refractivity contribution in [2.45, 2.75) is 20.0 Å². The third-order valence-electron chi connectivity index (χ3n) is 2.85. The van der Waals surface area contributed by atoms with Crippen LogP contribution in [0.5, 0.6) is 11.5 Å². The van der Waals surface area contributed by atoms with Crippen molar-refractivity contribution in [3.8, 4) is 11.5 Å². The molecule has 0 aromatic heterocycles. The highest BCUT2D eigenvalue weighted by atomic mass is 16.5. The summed E-state index contributed by atoms with van der Waals surface area (Å²) in [6.07, 6.45) is 1.97. The second-order valence-electron chi connectivity index (χ2n) is 4.41. The lowest BCUT2D eigenvalue weighted by atomic mass is 10.1. The van der Waals surface area contributed by atoms with E-state index in [0.717, 1.165) is 0 Å². The van der Waals surface area contributed by atoms with E-state index in [4.69, 9.17) is 14.2 Å². The molecule has 0 heterocycles. The van der Waals surface area contributed by atoms with Gasteiger partial charge in [0, 0.05) is 24.3 Å². The lowest BCUT2D eigenvalue weighted by Crippen LogP contribution is -2.35. The molecule has 0 aliphatic heterocycles. The molecule has 0 unspecified atom stereocenters. The Labute approximate surface area is 130 Å². The lowest BCUT2D eigenvalue weighted by molar-refractivity contribution is -0.150. The van der Waals surface area contributed by atoms with E-state index in [-0.39, 0.29) is 5.91 Å². The highest BCUT2D eigenvalue weighted by molar-refractivity contribution is 5.90. The molecule has 1 N–H and O–H groups in total. The van der Waals surface area contributed by atoms with Crippen LogP contribution >= 0.6 is 0 Å². The van der Waals surface area contributed by atoms with E-state index in [2.05, 4.69) is 5.32 Å². The molecule has 0 spiro atoms. The fraction of sp³-hybridized carbons (Fsp3) is 0.375. The fourth-order valence-corrected chi connectivity index (χ4v) is 1.70. The minimum Gasteiger partial charge on any atom is -0.497 e. The van der Waals surface area contributed by atoms with Crippen LogP contribution in [0.3, 0.4) is 0 Å². The Balaban J connectivity index is 2.71. The molecule has 6 nitrogen and oxygen atoms in total. The molecular weight excluding hydrogens is 286 g/mol. The van der Waals surface area contributed by atoms with Crippen LogP contribution in [-0.4, -0.2) is 38.7 Å². The van der Waals surface area contributed by atoms with Crippen LogP contribution in [0.4, 0.5) is 0 Å². The van der Waals surface area contributed by atoms with Gasteiger partial charge >= 0.3 is 5.97 Å². The lowest BCUT2D eigenvalue weighted by Gasteiger charge is -2.11. The second-order valence-corrected chi connectivity index (χ2v) is 4.41. The molecule has 0 radical (unpaired) electrons. The fourth-order valence-electron chi connectivity index (χ4n) is 1.70. The van der Waals surface area contributed by atoms with Gasteiger partial charge in [0.15, 0.2) is 6.10 Å². The van der Waals surface area contributed by atoms with E-state index in [0.29, 0.717) is 23.6 Å². The highest BCUT2D eigenvalue weighted by Crippen LogP contribution is 2.25. The summed E-state index contributed by atoms with van der Waals surface area (Å²) in [5.41, 5.74) is 0.700. The number of esters is 1. The maximum Gasteiger partial charge on any atom is 0.331 e. The van der Waals surface area contributed by atoms with Crippen molar-refractivity contribution in [3.05, 3.63) is 29.8 Å². The smallest absolute Gasteiger partial charge is 0.331 e. The van der Waals surface area contributed by atoms with Gasteiger partial charge in [0.1, 0.15) is 11.5 Å². The van der Waals surface area contributed by atoms with Crippen LogP contribution in [0.25, 0.3) is 6.08 Å². The van der Waals surface area contributed by atoms with Gasteiger partial charge in [0.2, 0.25) is 0 Å². The summed E-state index contributed by atoms with van der Waals surface area (Å²) in [5, 5.41) is 2.58. The first-order chi connectivity index (χ1) is 10.5. The average molecular weight is 307 g/mol. The van der Waals surface area contributed by atoms with Gasteiger partial charge in [-0.05, 0) is 32.1 Å². The van der Waals surface area contributed by atoms with Crippen molar-refractivity contribution in [3.63, 3.8) is 0 Å². The number of methoxy groups -OCH3 is 2. The van der Waals surface area contributed by atoms with Gasteiger partial charge in [-0.2, -0.15) is 0 Å². The van der Waals surface area contributed by atoms with E-state index in [1.807, 2.05) is 0 Å². The Kier molecular flexibility index (Phi) is 6.95. The van der Waals surface area contributed by atoms with Crippen LogP contribution in [0, 0.1) is 0 Å². The monoisotopic (exact) mass is 307 g/mol. The Morgan fingerprint density at radius 2 is 2.00 bits per heavy atom. The van der Waals surface area contributed by atoms with Crippen molar-refractivity contribution in [2.75, 3.05) is 20.8 Å². The zero-order chi connectivity index (χ0) is 16.5. The number of carbonyl (C=O) groups excluding carboxylic acids is 2. The Morgan fingerprint density at radius 1 is 1.27 bits per heavy atom. The molecule has 1 atom stereocenters. The van der Waals surface area contributed by atoms with E-state index >= 15 is 0 Å². The third-order valence-corrected chi connectivity index (χ3v) is 2.85. The van der Waals surface area contributed by atoms with Crippen molar-refractivity contribution < 1.29 is 23.8 Å². The van der Waals surface area contributed by atoms with E-state index < -0.39 is 12.1 Å². The quantitative estimate of drug-likeness (QED) is 0.614. The number of carbonyl (C=O) groups is 2. The normalized spacial score (nSPS) is 11.8. The molecule has 0 aliphatic carbocycles. The first-order valence-corrected chi connectivity index (χ1v) is 6.90. The summed E-state index contributed by atoms with van der Waals surface area (Å²) in [6, 6.07) is 5.22. The molecule has 0 bridgehead atoms. The van der Waals surface area contributed by atoms with Crippen molar-refractivity contribution >= 4 is 18.0 Å². The zero-order valence-corrected chi connectivity index (χ0v) is 13.2. The van der Waals surface area contributed by atoms with Crippen LogP contribution in [0.2, 0.25) is 0 Å². The number of hydrogen-bond donors (Lipinski definition) is 1. The van der Waals surface area contributed by atoms with Gasteiger partial charge in [0.25, 0.3) is 5.91 Å². The molecule has 0 saturated carbocycles. The van der Waals surface area contributed by atoms with Crippen molar-refractivity contribution in [1.82, 2.24) is 5.32 Å². The zero-order valence-electron chi connectivity index (χ0n) is 13.2.